The van der Waals surface area contributed by atoms with Crippen molar-refractivity contribution in [3.8, 4) is 0 Å². The molecule has 0 amide bonds. The predicted octanol–water partition coefficient (Wildman–Crippen LogP) is 5.79. The number of alkyl halides is 3. The Morgan fingerprint density at radius 1 is 1.19 bits per heavy atom. The number of carboxylic acids is 1. The van der Waals surface area contributed by atoms with Crippen LogP contribution in [0.3, 0.4) is 0 Å². The number of hydrogen-bond donors (Lipinski definition) is 2. The Morgan fingerprint density at radius 3 is 2.44 bits per heavy atom. The summed E-state index contributed by atoms with van der Waals surface area (Å²) >= 11 is 0. The van der Waals surface area contributed by atoms with Crippen LogP contribution < -0.4 is 4.72 Å². The van der Waals surface area contributed by atoms with E-state index in [-0.39, 0.29) is 16.8 Å². The quantitative estimate of drug-likeness (QED) is 0.462. The van der Waals surface area contributed by atoms with Crippen LogP contribution in [0.1, 0.15) is 74.8 Å². The molecule has 1 aromatic rings. The average Bonchev–Trinajstić information content (AvgIpc) is 2.71. The lowest BCUT2D eigenvalue weighted by Gasteiger charge is -2.31. The Bertz CT molecular complexity index is 1210. The SMILES string of the molecule is Cc1cc(NS(=O)(=O)CC(F)(F)F)c(C)c(C(OC(C)(C)C)C(=O)O)c1C1=CC2=C(CC1)OCCC2. The van der Waals surface area contributed by atoms with Crippen molar-refractivity contribution < 1.29 is 41.0 Å². The number of ether oxygens (including phenoxy) is 2. The Kier molecular flexibility index (Phi) is 7.86. The maximum atomic E-state index is 12.8. The van der Waals surface area contributed by atoms with Crippen molar-refractivity contribution in [2.45, 2.75) is 78.2 Å². The molecule has 0 spiro atoms. The standard InChI is InChI=1S/C25H32F3NO6S/c1-14-11-18(29-36(32,33)13-25(26,27)28)15(2)21(22(23(30)31)35-24(3,4)5)20(14)17-8-9-19-16(12-17)7-6-10-34-19/h11-12,22,29H,6-10,13H2,1-5H3,(H,30,31). The number of aryl methyl sites for hydroxylation is 1. The summed E-state index contributed by atoms with van der Waals surface area (Å²) in [6.45, 7) is 8.89. The first kappa shape index (κ1) is 28.0. The number of anilines is 1. The van der Waals surface area contributed by atoms with E-state index in [1.54, 1.807) is 27.7 Å². The number of aliphatic carboxylic acids is 1. The molecule has 0 saturated carbocycles. The third-order valence-electron chi connectivity index (χ3n) is 5.93. The number of hydrogen-bond acceptors (Lipinski definition) is 5. The van der Waals surface area contributed by atoms with Gasteiger partial charge in [0, 0.05) is 12.0 Å². The molecule has 0 aromatic heterocycles. The third kappa shape index (κ3) is 6.82. The number of rotatable bonds is 7. The number of carbonyl (C=O) groups is 1. The van der Waals surface area contributed by atoms with Gasteiger partial charge in [-0.05, 0) is 87.8 Å². The van der Waals surface area contributed by atoms with Crippen LogP contribution >= 0.6 is 0 Å². The number of nitrogens with one attached hydrogen (secondary N) is 1. The maximum Gasteiger partial charge on any atom is 0.404 e. The number of sulfonamides is 1. The lowest BCUT2D eigenvalue weighted by Crippen LogP contribution is -2.30. The Balaban J connectivity index is 2.23. The largest absolute Gasteiger partial charge is 0.498 e. The normalized spacial score (nSPS) is 17.7. The van der Waals surface area contributed by atoms with E-state index in [0.717, 1.165) is 29.7 Å². The first-order valence-corrected chi connectivity index (χ1v) is 13.3. The van der Waals surface area contributed by atoms with Gasteiger partial charge in [-0.3, -0.25) is 4.72 Å². The minimum atomic E-state index is -4.93. The minimum absolute atomic E-state index is 0.114. The van der Waals surface area contributed by atoms with Crippen molar-refractivity contribution >= 4 is 27.3 Å². The van der Waals surface area contributed by atoms with Gasteiger partial charge in [-0.2, -0.15) is 13.2 Å². The molecule has 7 nitrogen and oxygen atoms in total. The number of carboxylic acid groups (broad SMARTS) is 1. The van der Waals surface area contributed by atoms with Crippen LogP contribution in [0.25, 0.3) is 5.57 Å². The molecule has 1 unspecified atom stereocenters. The summed E-state index contributed by atoms with van der Waals surface area (Å²) in [5.74, 6) is -2.43. The molecular formula is C25H32F3NO6S. The molecule has 200 valence electrons. The van der Waals surface area contributed by atoms with E-state index in [1.807, 2.05) is 10.8 Å². The molecule has 0 radical (unpaired) electrons. The number of halogens is 3. The second-order valence-corrected chi connectivity index (χ2v) is 11.9. The zero-order valence-corrected chi connectivity index (χ0v) is 21.8. The second-order valence-electron chi connectivity index (χ2n) is 10.1. The fourth-order valence-electron chi connectivity index (χ4n) is 4.61. The summed E-state index contributed by atoms with van der Waals surface area (Å²) in [7, 11) is -4.78. The highest BCUT2D eigenvalue weighted by Gasteiger charge is 2.37. The van der Waals surface area contributed by atoms with Gasteiger partial charge in [0.2, 0.25) is 10.0 Å². The van der Waals surface area contributed by atoms with Crippen molar-refractivity contribution in [3.05, 3.63) is 45.7 Å². The van der Waals surface area contributed by atoms with E-state index in [4.69, 9.17) is 9.47 Å². The fraction of sp³-hybridized carbons (Fsp3) is 0.560. The molecule has 2 N–H and O–H groups in total. The van der Waals surface area contributed by atoms with Crippen molar-refractivity contribution in [2.24, 2.45) is 0 Å². The monoisotopic (exact) mass is 531 g/mol. The predicted molar refractivity (Wildman–Crippen MR) is 130 cm³/mol. The molecular weight excluding hydrogens is 499 g/mol. The van der Waals surface area contributed by atoms with Crippen molar-refractivity contribution in [2.75, 3.05) is 17.1 Å². The summed E-state index contributed by atoms with van der Waals surface area (Å²) in [5, 5.41) is 10.1. The highest BCUT2D eigenvalue weighted by molar-refractivity contribution is 7.92. The van der Waals surface area contributed by atoms with Crippen molar-refractivity contribution in [3.63, 3.8) is 0 Å². The lowest BCUT2D eigenvalue weighted by atomic mass is 9.82. The van der Waals surface area contributed by atoms with Crippen LogP contribution in [0, 0.1) is 13.8 Å². The van der Waals surface area contributed by atoms with E-state index >= 15 is 0 Å². The van der Waals surface area contributed by atoms with Crippen LogP contribution in [0.15, 0.2) is 23.5 Å². The van der Waals surface area contributed by atoms with E-state index in [2.05, 4.69) is 0 Å². The zero-order chi connectivity index (χ0) is 27.1. The summed E-state index contributed by atoms with van der Waals surface area (Å²) < 4.78 is 76.7. The molecule has 36 heavy (non-hydrogen) atoms. The van der Waals surface area contributed by atoms with Gasteiger partial charge in [0.05, 0.1) is 23.7 Å². The van der Waals surface area contributed by atoms with Gasteiger partial charge in [0.1, 0.15) is 0 Å². The Hall–Kier alpha value is -2.53. The average molecular weight is 532 g/mol. The number of allylic oxidation sites excluding steroid dienone is 4. The van der Waals surface area contributed by atoms with Gasteiger partial charge in [0.15, 0.2) is 11.9 Å². The molecule has 1 aliphatic heterocycles. The molecule has 1 atom stereocenters. The molecule has 0 fully saturated rings. The number of benzene rings is 1. The second kappa shape index (κ2) is 10.1. The van der Waals surface area contributed by atoms with E-state index in [0.29, 0.717) is 30.6 Å². The highest BCUT2D eigenvalue weighted by Crippen LogP contribution is 2.43. The molecule has 0 saturated heterocycles. The van der Waals surface area contributed by atoms with Gasteiger partial charge in [-0.25, -0.2) is 13.2 Å². The molecule has 0 bridgehead atoms. The van der Waals surface area contributed by atoms with Crippen LogP contribution in [0.2, 0.25) is 0 Å². The van der Waals surface area contributed by atoms with Crippen molar-refractivity contribution in [1.82, 2.24) is 0 Å². The maximum absolute atomic E-state index is 12.8. The smallest absolute Gasteiger partial charge is 0.404 e. The van der Waals surface area contributed by atoms with Crippen LogP contribution in [-0.2, 0) is 24.3 Å². The van der Waals surface area contributed by atoms with Gasteiger partial charge in [-0.15, -0.1) is 0 Å². The molecule has 1 heterocycles. The molecule has 1 aliphatic carbocycles. The summed E-state index contributed by atoms with van der Waals surface area (Å²) in [6, 6.07) is 1.44. The van der Waals surface area contributed by atoms with Gasteiger partial charge >= 0.3 is 12.1 Å². The highest BCUT2D eigenvalue weighted by atomic mass is 32.2. The topological polar surface area (TPSA) is 102 Å². The lowest BCUT2D eigenvalue weighted by molar-refractivity contribution is -0.160. The van der Waals surface area contributed by atoms with Gasteiger partial charge < -0.3 is 14.6 Å². The molecule has 3 rings (SSSR count). The Morgan fingerprint density at radius 2 is 1.86 bits per heavy atom. The van der Waals surface area contributed by atoms with E-state index in [1.165, 1.54) is 13.0 Å². The minimum Gasteiger partial charge on any atom is -0.498 e. The third-order valence-corrected chi connectivity index (χ3v) is 7.16. The molecule has 11 heteroatoms. The first-order valence-electron chi connectivity index (χ1n) is 11.6. The van der Waals surface area contributed by atoms with Gasteiger partial charge in [-0.1, -0.05) is 6.08 Å². The van der Waals surface area contributed by atoms with E-state index < -0.39 is 39.6 Å². The summed E-state index contributed by atoms with van der Waals surface area (Å²) in [6.07, 6.45) is -1.56. The van der Waals surface area contributed by atoms with Crippen LogP contribution in [-0.4, -0.2) is 43.6 Å². The molecule has 1 aromatic carbocycles. The Labute approximate surface area is 209 Å². The van der Waals surface area contributed by atoms with Gasteiger partial charge in [0.25, 0.3) is 0 Å². The first-order chi connectivity index (χ1) is 16.5. The summed E-state index contributed by atoms with van der Waals surface area (Å²) in [5.41, 5.74) is 2.42. The summed E-state index contributed by atoms with van der Waals surface area (Å²) in [4.78, 5) is 12.4. The van der Waals surface area contributed by atoms with Crippen molar-refractivity contribution in [1.29, 1.82) is 0 Å². The molecule has 2 aliphatic rings. The van der Waals surface area contributed by atoms with Crippen LogP contribution in [0.5, 0.6) is 0 Å². The van der Waals surface area contributed by atoms with Crippen LogP contribution in [0.4, 0.5) is 18.9 Å². The zero-order valence-electron chi connectivity index (χ0n) is 21.0. The fourth-order valence-corrected chi connectivity index (χ4v) is 5.66. The van der Waals surface area contributed by atoms with E-state index in [9.17, 15) is 31.5 Å².